The van der Waals surface area contributed by atoms with E-state index in [1.165, 1.54) is 32.4 Å². The molecule has 0 aromatic heterocycles. The van der Waals surface area contributed by atoms with Crippen LogP contribution < -0.4 is 25.4 Å². The molecule has 14 unspecified atom stereocenters. The summed E-state index contributed by atoms with van der Waals surface area (Å²) in [5, 5.41) is 49.5. The number of likely N-dealkylation sites (tertiary alicyclic amines) is 1. The fourth-order valence-corrected chi connectivity index (χ4v) is 10.5. The first kappa shape index (κ1) is 65.5. The van der Waals surface area contributed by atoms with Gasteiger partial charge in [0.25, 0.3) is 0 Å². The summed E-state index contributed by atoms with van der Waals surface area (Å²) in [4.78, 5) is 87.3. The molecule has 2 fully saturated rings. The number of carboxylic acids is 1. The Hall–Kier alpha value is -6.06. The molecule has 0 radical (unpaired) electrons. The molecular formula is C57H86N6O16. The summed E-state index contributed by atoms with van der Waals surface area (Å²) in [6, 6.07) is 10.7. The predicted molar refractivity (Wildman–Crippen MR) is 291 cm³/mol. The molecule has 2 heterocycles. The highest BCUT2D eigenvalue weighted by Crippen LogP contribution is 2.32. The molecule has 440 valence electrons. The number of nitrogens with one attached hydrogen (secondary N) is 3. The molecule has 0 bridgehead atoms. The van der Waals surface area contributed by atoms with Crippen molar-refractivity contribution in [3.8, 4) is 23.8 Å². The number of amides is 5. The molecule has 4 rings (SSSR count). The Labute approximate surface area is 465 Å². The molecule has 22 nitrogen and oxygen atoms in total. The number of carbonyl (C=O) groups is 6. The molecule has 2 aliphatic rings. The number of likely N-dealkylation sites (N-methyl/N-ethyl adjacent to an activating group) is 3. The molecule has 2 aromatic carbocycles. The zero-order chi connectivity index (χ0) is 58.8. The Bertz CT molecular complexity index is 2350. The number of hydrogen-bond donors (Lipinski definition) is 7. The second kappa shape index (κ2) is 31.1. The van der Waals surface area contributed by atoms with Gasteiger partial charge in [0.2, 0.25) is 29.9 Å². The average molecular weight is 1110 g/mol. The van der Waals surface area contributed by atoms with Crippen LogP contribution in [-0.4, -0.2) is 199 Å². The van der Waals surface area contributed by atoms with E-state index < -0.39 is 109 Å². The highest BCUT2D eigenvalue weighted by molar-refractivity contribution is 5.92. The van der Waals surface area contributed by atoms with Gasteiger partial charge in [0.05, 0.1) is 36.6 Å². The van der Waals surface area contributed by atoms with E-state index in [4.69, 9.17) is 34.8 Å². The molecular weight excluding hydrogens is 1020 g/mol. The van der Waals surface area contributed by atoms with Gasteiger partial charge in [0, 0.05) is 59.1 Å². The number of carbonyl (C=O) groups excluding carboxylic acids is 5. The van der Waals surface area contributed by atoms with E-state index in [1.807, 2.05) is 58.2 Å². The van der Waals surface area contributed by atoms with Crippen molar-refractivity contribution in [1.82, 2.24) is 30.7 Å². The van der Waals surface area contributed by atoms with Crippen molar-refractivity contribution in [2.45, 2.75) is 160 Å². The van der Waals surface area contributed by atoms with Gasteiger partial charge in [0.15, 0.2) is 6.10 Å². The van der Waals surface area contributed by atoms with Gasteiger partial charge in [-0.25, -0.2) is 9.59 Å². The maximum atomic E-state index is 14.8. The van der Waals surface area contributed by atoms with Crippen molar-refractivity contribution in [3.05, 3.63) is 59.7 Å². The van der Waals surface area contributed by atoms with Crippen LogP contribution in [0, 0.1) is 36.0 Å². The third-order valence-electron chi connectivity index (χ3n) is 15.0. The fraction of sp³-hybridized carbons (Fsp3) is 0.649. The Morgan fingerprint density at radius 3 is 2.15 bits per heavy atom. The van der Waals surface area contributed by atoms with Gasteiger partial charge in [-0.15, -0.1) is 6.42 Å². The first-order valence-corrected chi connectivity index (χ1v) is 27.0. The van der Waals surface area contributed by atoms with Crippen molar-refractivity contribution in [1.29, 1.82) is 0 Å². The van der Waals surface area contributed by atoms with Crippen molar-refractivity contribution in [2.24, 2.45) is 23.7 Å². The van der Waals surface area contributed by atoms with Gasteiger partial charge < -0.3 is 74.6 Å². The number of hydrogen-bond acceptors (Lipinski definition) is 16. The van der Waals surface area contributed by atoms with Crippen LogP contribution in [0.3, 0.4) is 0 Å². The minimum atomic E-state index is -1.93. The summed E-state index contributed by atoms with van der Waals surface area (Å²) in [5.74, 6) is -2.30. The minimum absolute atomic E-state index is 0.0246. The third-order valence-corrected chi connectivity index (χ3v) is 15.0. The van der Waals surface area contributed by atoms with Gasteiger partial charge in [-0.3, -0.25) is 24.1 Å². The van der Waals surface area contributed by atoms with Gasteiger partial charge in [-0.2, -0.15) is 0 Å². The predicted octanol–water partition coefficient (Wildman–Crippen LogP) is 2.57. The molecule has 2 aromatic rings. The summed E-state index contributed by atoms with van der Waals surface area (Å²) < 4.78 is 34.3. The lowest BCUT2D eigenvalue weighted by atomic mass is 9.89. The van der Waals surface area contributed by atoms with E-state index in [0.717, 1.165) is 10.5 Å². The van der Waals surface area contributed by atoms with Crippen LogP contribution >= 0.6 is 0 Å². The number of aliphatic carboxylic acids is 1. The zero-order valence-electron chi connectivity index (χ0n) is 47.8. The monoisotopic (exact) mass is 1110 g/mol. The Balaban J connectivity index is 1.46. The number of carboxylic acid groups (broad SMARTS) is 1. The van der Waals surface area contributed by atoms with E-state index in [0.29, 0.717) is 44.3 Å². The smallest absolute Gasteiger partial charge is 0.410 e. The Morgan fingerprint density at radius 1 is 0.886 bits per heavy atom. The van der Waals surface area contributed by atoms with Crippen molar-refractivity contribution >= 4 is 35.7 Å². The Kier molecular flexibility index (Phi) is 25.7. The van der Waals surface area contributed by atoms with E-state index >= 15 is 0 Å². The van der Waals surface area contributed by atoms with E-state index in [2.05, 4.69) is 21.9 Å². The van der Waals surface area contributed by atoms with E-state index in [9.17, 15) is 49.2 Å². The van der Waals surface area contributed by atoms with Crippen LogP contribution in [0.2, 0.25) is 0 Å². The molecule has 22 heteroatoms. The lowest BCUT2D eigenvalue weighted by Gasteiger charge is -2.41. The first-order chi connectivity index (χ1) is 37.5. The number of aliphatic hydroxyl groups is 3. The number of methoxy groups -OCH3 is 2. The second-order valence-corrected chi connectivity index (χ2v) is 21.2. The van der Waals surface area contributed by atoms with Crippen molar-refractivity contribution < 1.29 is 77.6 Å². The molecule has 2 aliphatic heterocycles. The standard InChI is InChI=1S/C57H86N6O16/c1-14-26-76-41-28-39(78-56-49(67)47(65)48(66)51(79-56)55(71)72)24-23-37(41)31-77-57(73)62(11)45(33(5)6)53(69)60-44(32(3)4)54(70)61(10)46(34(7)15-2)42(74-12)29-43(64)63-25-19-22-40(63)50(75-13)35(8)52(68)59-38(30-58-9)27-36-20-17-16-18-21-36/h1,16-18,20-21,23-24,28,32-35,38,40,42,44-51,56,58,65-67H,15,19,22,25-27,29-31H2,2-13H3,(H,59,68)(H,60,69)(H,71,72). The van der Waals surface area contributed by atoms with Crippen LogP contribution in [0.25, 0.3) is 0 Å². The highest BCUT2D eigenvalue weighted by atomic mass is 16.7. The third kappa shape index (κ3) is 17.2. The number of rotatable bonds is 29. The summed E-state index contributed by atoms with van der Waals surface area (Å²) in [6.07, 6.45) is -3.55. The molecule has 0 saturated carbocycles. The number of nitrogens with zero attached hydrogens (tertiary/aromatic N) is 3. The number of ether oxygens (including phenoxy) is 6. The molecule has 79 heavy (non-hydrogen) atoms. The lowest BCUT2D eigenvalue weighted by Crippen LogP contribution is -2.61. The van der Waals surface area contributed by atoms with E-state index in [-0.39, 0.29) is 54.3 Å². The number of terminal acetylenes is 1. The molecule has 5 amide bonds. The summed E-state index contributed by atoms with van der Waals surface area (Å²) >= 11 is 0. The normalized spacial score (nSPS) is 22.3. The maximum absolute atomic E-state index is 14.8. The van der Waals surface area contributed by atoms with Crippen LogP contribution in [0.1, 0.15) is 85.3 Å². The number of aliphatic hydroxyl groups excluding tert-OH is 3. The second-order valence-electron chi connectivity index (χ2n) is 21.2. The maximum Gasteiger partial charge on any atom is 0.410 e. The highest BCUT2D eigenvalue weighted by Gasteiger charge is 2.49. The average Bonchev–Trinajstić information content (AvgIpc) is 3.91. The minimum Gasteiger partial charge on any atom is -0.480 e. The zero-order valence-corrected chi connectivity index (χ0v) is 47.8. The van der Waals surface area contributed by atoms with Crippen LogP contribution in [0.4, 0.5) is 4.79 Å². The van der Waals surface area contributed by atoms with Crippen LogP contribution in [0.5, 0.6) is 11.5 Å². The van der Waals surface area contributed by atoms with E-state index in [1.54, 1.807) is 51.7 Å². The number of benzene rings is 2. The summed E-state index contributed by atoms with van der Waals surface area (Å²) in [7, 11) is 7.93. The summed E-state index contributed by atoms with van der Waals surface area (Å²) in [5.41, 5.74) is 1.39. The molecule has 7 N–H and O–H groups in total. The van der Waals surface area contributed by atoms with Gasteiger partial charge >= 0.3 is 12.1 Å². The molecule has 14 atom stereocenters. The van der Waals surface area contributed by atoms with Crippen LogP contribution in [0.15, 0.2) is 48.5 Å². The Morgan fingerprint density at radius 2 is 1.57 bits per heavy atom. The van der Waals surface area contributed by atoms with Gasteiger partial charge in [0.1, 0.15) is 55.1 Å². The first-order valence-electron chi connectivity index (χ1n) is 27.0. The quantitative estimate of drug-likeness (QED) is 0.0577. The van der Waals surface area contributed by atoms with Crippen molar-refractivity contribution in [2.75, 3.05) is 55.1 Å². The SMILES string of the molecule is C#CCOc1cc(OC2OC(C(=O)O)C(O)C(O)C2O)ccc1COC(=O)N(C)C(C(=O)NC(C(=O)N(C)C(C(C)CC)C(CC(=O)N1CCCC1C(OC)C(C)C(=O)NC(CNC)Cc1ccccc1)OC)C(C)C)C(C)C. The molecule has 0 spiro atoms. The van der Waals surface area contributed by atoms with Gasteiger partial charge in [-0.1, -0.05) is 91.1 Å². The topological polar surface area (TPSA) is 285 Å². The fourth-order valence-electron chi connectivity index (χ4n) is 10.5. The summed E-state index contributed by atoms with van der Waals surface area (Å²) in [6.45, 7) is 13.2. The molecule has 0 aliphatic carbocycles. The lowest BCUT2D eigenvalue weighted by molar-refractivity contribution is -0.271. The largest absolute Gasteiger partial charge is 0.480 e. The molecule has 2 saturated heterocycles. The van der Waals surface area contributed by atoms with Crippen LogP contribution in [-0.2, 0) is 55.9 Å². The van der Waals surface area contributed by atoms with Crippen molar-refractivity contribution in [3.63, 3.8) is 0 Å². The van der Waals surface area contributed by atoms with Gasteiger partial charge in [-0.05, 0) is 61.8 Å².